The van der Waals surface area contributed by atoms with Crippen LogP contribution in [-0.2, 0) is 0 Å². The highest BCUT2D eigenvalue weighted by Gasteiger charge is 2.01. The SMILES string of the molecule is C[N]C(=O)c1ccc(Cl)cc1. The predicted octanol–water partition coefficient (Wildman–Crippen LogP) is 1.71. The first kappa shape index (κ1) is 8.08. The van der Waals surface area contributed by atoms with E-state index < -0.39 is 0 Å². The van der Waals surface area contributed by atoms with Crippen molar-refractivity contribution >= 4 is 17.5 Å². The molecule has 2 nitrogen and oxygen atoms in total. The summed E-state index contributed by atoms with van der Waals surface area (Å²) in [6.07, 6.45) is 0. The van der Waals surface area contributed by atoms with E-state index in [1.807, 2.05) is 0 Å². The normalized spacial score (nSPS) is 9.27. The van der Waals surface area contributed by atoms with Crippen molar-refractivity contribution in [3.05, 3.63) is 34.9 Å². The maximum Gasteiger partial charge on any atom is 0.272 e. The van der Waals surface area contributed by atoms with Gasteiger partial charge in [0.1, 0.15) is 0 Å². The van der Waals surface area contributed by atoms with Gasteiger partial charge in [0.05, 0.1) is 0 Å². The molecule has 1 rings (SSSR count). The monoisotopic (exact) mass is 168 g/mol. The van der Waals surface area contributed by atoms with E-state index in [4.69, 9.17) is 11.6 Å². The predicted molar refractivity (Wildman–Crippen MR) is 43.8 cm³/mol. The van der Waals surface area contributed by atoms with Crippen molar-refractivity contribution in [3.63, 3.8) is 0 Å². The number of carbonyl (C=O) groups is 1. The van der Waals surface area contributed by atoms with Gasteiger partial charge in [-0.15, -0.1) is 0 Å². The minimum absolute atomic E-state index is 0.221. The highest BCUT2D eigenvalue weighted by molar-refractivity contribution is 6.30. The Kier molecular flexibility index (Phi) is 2.49. The molecule has 0 unspecified atom stereocenters. The molecule has 57 valence electrons. The molecule has 0 N–H and O–H groups in total. The second kappa shape index (κ2) is 3.39. The number of nitrogens with zero attached hydrogens (tertiary/aromatic N) is 1. The van der Waals surface area contributed by atoms with E-state index in [0.29, 0.717) is 10.6 Å². The Balaban J connectivity index is 2.90. The van der Waals surface area contributed by atoms with E-state index in [9.17, 15) is 4.79 Å². The Morgan fingerprint density at radius 1 is 1.36 bits per heavy atom. The van der Waals surface area contributed by atoms with Gasteiger partial charge in [-0.2, -0.15) is 0 Å². The van der Waals surface area contributed by atoms with Crippen molar-refractivity contribution in [1.82, 2.24) is 5.32 Å². The van der Waals surface area contributed by atoms with E-state index >= 15 is 0 Å². The van der Waals surface area contributed by atoms with Gasteiger partial charge < -0.3 is 0 Å². The number of rotatable bonds is 1. The van der Waals surface area contributed by atoms with Crippen LogP contribution in [0, 0.1) is 0 Å². The van der Waals surface area contributed by atoms with Gasteiger partial charge in [0.25, 0.3) is 5.91 Å². The van der Waals surface area contributed by atoms with Gasteiger partial charge in [-0.05, 0) is 24.3 Å². The number of amides is 1. The number of hydrogen-bond acceptors (Lipinski definition) is 1. The summed E-state index contributed by atoms with van der Waals surface area (Å²) in [6.45, 7) is 0. The topological polar surface area (TPSA) is 31.2 Å². The zero-order valence-electron chi connectivity index (χ0n) is 6.04. The smallest absolute Gasteiger partial charge is 0.267 e. The number of benzene rings is 1. The molecule has 1 amide bonds. The highest BCUT2D eigenvalue weighted by Crippen LogP contribution is 2.09. The molecule has 3 heteroatoms. The van der Waals surface area contributed by atoms with E-state index in [2.05, 4.69) is 5.32 Å². The van der Waals surface area contributed by atoms with Crippen LogP contribution in [0.15, 0.2) is 24.3 Å². The van der Waals surface area contributed by atoms with Crippen LogP contribution in [0.3, 0.4) is 0 Å². The minimum Gasteiger partial charge on any atom is -0.267 e. The van der Waals surface area contributed by atoms with Crippen molar-refractivity contribution < 1.29 is 4.79 Å². The fourth-order valence-electron chi connectivity index (χ4n) is 0.722. The molecule has 0 aliphatic rings. The third kappa shape index (κ3) is 1.95. The molecule has 0 heterocycles. The largest absolute Gasteiger partial charge is 0.272 e. The van der Waals surface area contributed by atoms with Crippen molar-refractivity contribution in [3.8, 4) is 0 Å². The van der Waals surface area contributed by atoms with E-state index in [-0.39, 0.29) is 5.91 Å². The molecule has 1 radical (unpaired) electrons. The Hall–Kier alpha value is -1.02. The lowest BCUT2D eigenvalue weighted by Crippen LogP contribution is -2.09. The number of carbonyl (C=O) groups excluding carboxylic acids is 1. The highest BCUT2D eigenvalue weighted by atomic mass is 35.5. The molecule has 0 aromatic heterocycles. The van der Waals surface area contributed by atoms with Gasteiger partial charge in [-0.25, -0.2) is 0 Å². The summed E-state index contributed by atoms with van der Waals surface area (Å²) < 4.78 is 0. The van der Waals surface area contributed by atoms with Crippen LogP contribution in [-0.4, -0.2) is 13.0 Å². The van der Waals surface area contributed by atoms with Crippen molar-refractivity contribution in [2.24, 2.45) is 0 Å². The second-order valence-corrected chi connectivity index (χ2v) is 2.47. The molecule has 0 fully saturated rings. The molecular weight excluding hydrogens is 162 g/mol. The molecule has 0 atom stereocenters. The first-order valence-electron chi connectivity index (χ1n) is 3.14. The third-order valence-corrected chi connectivity index (χ3v) is 1.55. The summed E-state index contributed by atoms with van der Waals surface area (Å²) in [5.74, 6) is -0.221. The van der Waals surface area contributed by atoms with E-state index in [0.717, 1.165) is 0 Å². The van der Waals surface area contributed by atoms with Crippen LogP contribution in [0.1, 0.15) is 10.4 Å². The molecule has 0 saturated heterocycles. The van der Waals surface area contributed by atoms with Crippen LogP contribution < -0.4 is 5.32 Å². The first-order chi connectivity index (χ1) is 5.24. The van der Waals surface area contributed by atoms with Gasteiger partial charge in [-0.1, -0.05) is 11.6 Å². The summed E-state index contributed by atoms with van der Waals surface area (Å²) in [7, 11) is 1.47. The lowest BCUT2D eigenvalue weighted by molar-refractivity contribution is 0.0959. The van der Waals surface area contributed by atoms with Gasteiger partial charge in [0, 0.05) is 17.6 Å². The van der Waals surface area contributed by atoms with E-state index in [1.54, 1.807) is 24.3 Å². The zero-order valence-corrected chi connectivity index (χ0v) is 6.80. The quantitative estimate of drug-likeness (QED) is 0.628. The lowest BCUT2D eigenvalue weighted by Gasteiger charge is -1.95. The fourth-order valence-corrected chi connectivity index (χ4v) is 0.848. The Bertz CT molecular complexity index is 255. The summed E-state index contributed by atoms with van der Waals surface area (Å²) in [5.41, 5.74) is 0.567. The average Bonchev–Trinajstić information content (AvgIpc) is 2.05. The zero-order chi connectivity index (χ0) is 8.27. The van der Waals surface area contributed by atoms with Crippen LogP contribution in [0.4, 0.5) is 0 Å². The maximum absolute atomic E-state index is 10.9. The third-order valence-electron chi connectivity index (χ3n) is 1.29. The molecule has 0 spiro atoms. The molecule has 11 heavy (non-hydrogen) atoms. The van der Waals surface area contributed by atoms with Crippen LogP contribution in [0.5, 0.6) is 0 Å². The molecule has 0 aliphatic heterocycles. The Morgan fingerprint density at radius 3 is 2.36 bits per heavy atom. The maximum atomic E-state index is 10.9. The fraction of sp³-hybridized carbons (Fsp3) is 0.125. The summed E-state index contributed by atoms with van der Waals surface area (Å²) in [5, 5.41) is 4.13. The van der Waals surface area contributed by atoms with Crippen molar-refractivity contribution in [2.75, 3.05) is 7.05 Å². The second-order valence-electron chi connectivity index (χ2n) is 2.04. The standard InChI is InChI=1S/C8H7ClNO/c1-10-8(11)6-2-4-7(9)5-3-6/h2-5H,1H3. The van der Waals surface area contributed by atoms with Crippen molar-refractivity contribution in [2.45, 2.75) is 0 Å². The number of hydrogen-bond donors (Lipinski definition) is 0. The summed E-state index contributed by atoms with van der Waals surface area (Å²) in [6, 6.07) is 6.63. The summed E-state index contributed by atoms with van der Waals surface area (Å²) >= 11 is 5.62. The summed E-state index contributed by atoms with van der Waals surface area (Å²) in [4.78, 5) is 10.9. The number of halogens is 1. The molecule has 0 saturated carbocycles. The van der Waals surface area contributed by atoms with Crippen LogP contribution in [0.25, 0.3) is 0 Å². The van der Waals surface area contributed by atoms with Crippen LogP contribution in [0.2, 0.25) is 5.02 Å². The van der Waals surface area contributed by atoms with Crippen molar-refractivity contribution in [1.29, 1.82) is 0 Å². The Labute approximate surface area is 70.2 Å². The molecule has 0 bridgehead atoms. The lowest BCUT2D eigenvalue weighted by atomic mass is 10.2. The molecule has 1 aromatic rings. The average molecular weight is 169 g/mol. The first-order valence-corrected chi connectivity index (χ1v) is 3.51. The van der Waals surface area contributed by atoms with Gasteiger partial charge in [0.2, 0.25) is 0 Å². The van der Waals surface area contributed by atoms with Gasteiger partial charge >= 0.3 is 0 Å². The molecule has 1 aromatic carbocycles. The van der Waals surface area contributed by atoms with E-state index in [1.165, 1.54) is 7.05 Å². The molecular formula is C8H7ClNO. The van der Waals surface area contributed by atoms with Crippen LogP contribution >= 0.6 is 11.6 Å². The minimum atomic E-state index is -0.221. The molecule has 0 aliphatic carbocycles. The Morgan fingerprint density at radius 2 is 1.91 bits per heavy atom. The van der Waals surface area contributed by atoms with Gasteiger partial charge in [0.15, 0.2) is 0 Å². The van der Waals surface area contributed by atoms with Gasteiger partial charge in [-0.3, -0.25) is 10.1 Å².